The van der Waals surface area contributed by atoms with Gasteiger partial charge in [-0.25, -0.2) is 9.78 Å². The molecule has 1 aliphatic heterocycles. The van der Waals surface area contributed by atoms with Gasteiger partial charge in [-0.2, -0.15) is 0 Å². The first-order chi connectivity index (χ1) is 13.7. The summed E-state index contributed by atoms with van der Waals surface area (Å²) in [6.45, 7) is 1.55. The van der Waals surface area contributed by atoms with Crippen molar-refractivity contribution in [3.05, 3.63) is 29.3 Å². The van der Waals surface area contributed by atoms with E-state index in [0.717, 1.165) is 19.3 Å². The zero-order valence-electron chi connectivity index (χ0n) is 15.8. The molecule has 1 fully saturated rings. The fourth-order valence-electron chi connectivity index (χ4n) is 2.72. The van der Waals surface area contributed by atoms with E-state index in [1.165, 1.54) is 6.07 Å². The van der Waals surface area contributed by atoms with Crippen LogP contribution >= 0.6 is 0 Å². The van der Waals surface area contributed by atoms with Crippen LogP contribution in [-0.2, 0) is 14.6 Å². The van der Waals surface area contributed by atoms with Crippen molar-refractivity contribution in [2.24, 2.45) is 5.73 Å². The summed E-state index contributed by atoms with van der Waals surface area (Å²) in [5, 5.41) is 5.54. The molecular formula is C19H27N3O6. The molecule has 0 aliphatic carbocycles. The zero-order valence-corrected chi connectivity index (χ0v) is 15.8. The Hall–Kier alpha value is -2.49. The van der Waals surface area contributed by atoms with E-state index in [1.807, 2.05) is 0 Å². The van der Waals surface area contributed by atoms with Gasteiger partial charge >= 0.3 is 0 Å². The van der Waals surface area contributed by atoms with E-state index < -0.39 is 5.91 Å². The largest absolute Gasteiger partial charge is 0.483 e. The van der Waals surface area contributed by atoms with Gasteiger partial charge in [-0.15, -0.1) is 0 Å². The van der Waals surface area contributed by atoms with Gasteiger partial charge in [0.05, 0.1) is 23.8 Å². The van der Waals surface area contributed by atoms with Crippen LogP contribution in [0.25, 0.3) is 0 Å². The van der Waals surface area contributed by atoms with E-state index in [-0.39, 0.29) is 42.0 Å². The van der Waals surface area contributed by atoms with Crippen LogP contribution < -0.4 is 21.1 Å². The number of ether oxygens (including phenoxy) is 1. The van der Waals surface area contributed by atoms with Gasteiger partial charge in [0.1, 0.15) is 12.4 Å². The Morgan fingerprint density at radius 3 is 2.93 bits per heavy atom. The quantitative estimate of drug-likeness (QED) is 0.301. The highest BCUT2D eigenvalue weighted by atomic mass is 17.2. The maximum Gasteiger partial charge on any atom is 0.257 e. The number of benzene rings is 1. The lowest BCUT2D eigenvalue weighted by atomic mass is 10.1. The minimum Gasteiger partial charge on any atom is -0.483 e. The number of amides is 2. The van der Waals surface area contributed by atoms with Crippen LogP contribution in [0.15, 0.2) is 18.2 Å². The van der Waals surface area contributed by atoms with E-state index in [0.29, 0.717) is 32.4 Å². The summed E-state index contributed by atoms with van der Waals surface area (Å²) in [5.41, 5.74) is 5.68. The smallest absolute Gasteiger partial charge is 0.257 e. The summed E-state index contributed by atoms with van der Waals surface area (Å²) in [5.74, 6) is -0.533. The van der Waals surface area contributed by atoms with Gasteiger partial charge < -0.3 is 21.1 Å². The van der Waals surface area contributed by atoms with Crippen molar-refractivity contribution in [3.8, 4) is 5.75 Å². The molecule has 1 aromatic rings. The number of unbranched alkanes of at least 4 members (excludes halogenated alkanes) is 1. The molecule has 0 radical (unpaired) electrons. The van der Waals surface area contributed by atoms with Crippen molar-refractivity contribution in [2.45, 2.75) is 31.7 Å². The fourth-order valence-corrected chi connectivity index (χ4v) is 2.72. The average molecular weight is 393 g/mol. The molecule has 4 N–H and O–H groups in total. The summed E-state index contributed by atoms with van der Waals surface area (Å²) >= 11 is 0. The SMILES string of the molecule is NCCCCNC(=O)COc1cccc(C(=O)NC2CCCOOC2)c1C=O. The van der Waals surface area contributed by atoms with Crippen LogP contribution in [0, 0.1) is 0 Å². The highest BCUT2D eigenvalue weighted by Crippen LogP contribution is 2.21. The molecule has 1 saturated heterocycles. The second-order valence-corrected chi connectivity index (χ2v) is 6.39. The monoisotopic (exact) mass is 393 g/mol. The second-order valence-electron chi connectivity index (χ2n) is 6.39. The van der Waals surface area contributed by atoms with Crippen LogP contribution in [0.4, 0.5) is 0 Å². The van der Waals surface area contributed by atoms with Crippen LogP contribution in [0.3, 0.4) is 0 Å². The molecule has 0 saturated carbocycles. The molecule has 154 valence electrons. The van der Waals surface area contributed by atoms with Crippen molar-refractivity contribution in [1.82, 2.24) is 10.6 Å². The lowest BCUT2D eigenvalue weighted by Crippen LogP contribution is -2.38. The lowest BCUT2D eigenvalue weighted by Gasteiger charge is -2.16. The molecule has 0 spiro atoms. The Morgan fingerprint density at radius 1 is 1.29 bits per heavy atom. The number of nitrogens with two attached hydrogens (primary N) is 1. The van der Waals surface area contributed by atoms with Crippen molar-refractivity contribution >= 4 is 18.1 Å². The summed E-state index contributed by atoms with van der Waals surface area (Å²) < 4.78 is 5.45. The van der Waals surface area contributed by atoms with Crippen LogP contribution in [-0.4, -0.2) is 57.1 Å². The molecule has 1 heterocycles. The van der Waals surface area contributed by atoms with Gasteiger partial charge in [0, 0.05) is 6.54 Å². The molecule has 9 heteroatoms. The number of carbonyl (C=O) groups excluding carboxylic acids is 3. The molecule has 0 aromatic heterocycles. The van der Waals surface area contributed by atoms with Gasteiger partial charge in [0.15, 0.2) is 12.9 Å². The lowest BCUT2D eigenvalue weighted by molar-refractivity contribution is -0.289. The fraction of sp³-hybridized carbons (Fsp3) is 0.526. The molecule has 1 atom stereocenters. The van der Waals surface area contributed by atoms with Crippen molar-refractivity contribution < 1.29 is 28.9 Å². The maximum atomic E-state index is 12.6. The Balaban J connectivity index is 1.96. The van der Waals surface area contributed by atoms with E-state index in [4.69, 9.17) is 20.2 Å². The molecule has 9 nitrogen and oxygen atoms in total. The number of hydrogen-bond acceptors (Lipinski definition) is 7. The van der Waals surface area contributed by atoms with Gasteiger partial charge in [-0.1, -0.05) is 6.07 Å². The Morgan fingerprint density at radius 2 is 2.14 bits per heavy atom. The van der Waals surface area contributed by atoms with E-state index in [9.17, 15) is 14.4 Å². The van der Waals surface area contributed by atoms with Crippen LogP contribution in [0.5, 0.6) is 5.75 Å². The van der Waals surface area contributed by atoms with Crippen molar-refractivity contribution in [1.29, 1.82) is 0 Å². The van der Waals surface area contributed by atoms with Crippen LogP contribution in [0.2, 0.25) is 0 Å². The number of nitrogens with one attached hydrogen (secondary N) is 2. The normalized spacial score (nSPS) is 16.7. The molecule has 1 aliphatic rings. The van der Waals surface area contributed by atoms with Crippen molar-refractivity contribution in [2.75, 3.05) is 32.9 Å². The van der Waals surface area contributed by atoms with Crippen molar-refractivity contribution in [3.63, 3.8) is 0 Å². The number of aldehydes is 1. The minimum absolute atomic E-state index is 0.0988. The zero-order chi connectivity index (χ0) is 20.2. The predicted octanol–water partition coefficient (Wildman–Crippen LogP) is 0.573. The first-order valence-corrected chi connectivity index (χ1v) is 9.38. The van der Waals surface area contributed by atoms with Gasteiger partial charge in [0.2, 0.25) is 0 Å². The third-order valence-corrected chi connectivity index (χ3v) is 4.21. The summed E-state index contributed by atoms with van der Waals surface area (Å²) in [7, 11) is 0. The highest BCUT2D eigenvalue weighted by molar-refractivity contribution is 6.03. The third kappa shape index (κ3) is 6.91. The average Bonchev–Trinajstić information content (AvgIpc) is 2.97. The summed E-state index contributed by atoms with van der Waals surface area (Å²) in [6, 6.07) is 4.47. The second kappa shape index (κ2) is 12.1. The Bertz CT molecular complexity index is 659. The molecule has 2 amide bonds. The van der Waals surface area contributed by atoms with Gasteiger partial charge in [0.25, 0.3) is 11.8 Å². The molecule has 1 unspecified atom stereocenters. The third-order valence-electron chi connectivity index (χ3n) is 4.21. The number of carbonyl (C=O) groups is 3. The van der Waals surface area contributed by atoms with E-state index in [2.05, 4.69) is 10.6 Å². The van der Waals surface area contributed by atoms with Crippen LogP contribution in [0.1, 0.15) is 46.4 Å². The molecule has 1 aromatic carbocycles. The van der Waals surface area contributed by atoms with E-state index >= 15 is 0 Å². The Kier molecular flexibility index (Phi) is 9.40. The first-order valence-electron chi connectivity index (χ1n) is 9.38. The first kappa shape index (κ1) is 21.8. The predicted molar refractivity (Wildman–Crippen MR) is 101 cm³/mol. The Labute approximate surface area is 163 Å². The summed E-state index contributed by atoms with van der Waals surface area (Å²) in [4.78, 5) is 45.9. The maximum absolute atomic E-state index is 12.6. The molecular weight excluding hydrogens is 366 g/mol. The highest BCUT2D eigenvalue weighted by Gasteiger charge is 2.20. The minimum atomic E-state index is -0.408. The van der Waals surface area contributed by atoms with Gasteiger partial charge in [-0.3, -0.25) is 14.4 Å². The molecule has 2 rings (SSSR count). The van der Waals surface area contributed by atoms with Gasteiger partial charge in [-0.05, 0) is 44.4 Å². The summed E-state index contributed by atoms with van der Waals surface area (Å²) in [6.07, 6.45) is 3.63. The molecule has 0 bridgehead atoms. The number of rotatable bonds is 10. The number of hydrogen-bond donors (Lipinski definition) is 3. The molecule has 28 heavy (non-hydrogen) atoms. The topological polar surface area (TPSA) is 129 Å². The standard InChI is InChI=1S/C19H27N3O6/c20-8-1-2-9-21-18(24)13-26-17-7-3-6-15(16(17)11-23)19(25)22-14-5-4-10-27-28-12-14/h3,6-7,11,14H,1-2,4-5,8-10,12-13,20H2,(H,21,24)(H,22,25). The van der Waals surface area contributed by atoms with E-state index in [1.54, 1.807) is 12.1 Å².